The molecule has 1 atom stereocenters. The summed E-state index contributed by atoms with van der Waals surface area (Å²) in [6.07, 6.45) is 0. The van der Waals surface area contributed by atoms with Gasteiger partial charge in [-0.1, -0.05) is 133 Å². The maximum atomic E-state index is 14.9. The van der Waals surface area contributed by atoms with Crippen LogP contribution in [0.3, 0.4) is 0 Å². The van der Waals surface area contributed by atoms with Gasteiger partial charge in [-0.15, -0.1) is 0 Å². The molecule has 37 heavy (non-hydrogen) atoms. The van der Waals surface area contributed by atoms with Crippen molar-refractivity contribution in [2.45, 2.75) is 11.1 Å². The largest absolute Gasteiger partial charge is 0.310 e. The van der Waals surface area contributed by atoms with Gasteiger partial charge in [0.2, 0.25) is 0 Å². The fraction of sp³-hybridized carbons (Fsp3) is 0.0606. The van der Waals surface area contributed by atoms with E-state index in [9.17, 15) is 4.79 Å². The molecule has 1 unspecified atom stereocenters. The number of halogens is 1. The summed E-state index contributed by atoms with van der Waals surface area (Å²) in [5, 5.41) is 0.534. The van der Waals surface area contributed by atoms with Crippen molar-refractivity contribution in [1.29, 1.82) is 0 Å². The van der Waals surface area contributed by atoms with Crippen molar-refractivity contribution >= 4 is 23.2 Å². The van der Waals surface area contributed by atoms with Crippen LogP contribution in [0.15, 0.2) is 140 Å². The van der Waals surface area contributed by atoms with Crippen molar-refractivity contribution in [2.24, 2.45) is 5.73 Å². The van der Waals surface area contributed by atoms with Crippen LogP contribution in [-0.2, 0) is 15.9 Å². The van der Waals surface area contributed by atoms with Crippen molar-refractivity contribution in [3.05, 3.63) is 172 Å². The van der Waals surface area contributed by atoms with E-state index in [0.29, 0.717) is 10.6 Å². The molecule has 0 fully saturated rings. The third-order valence-electron chi connectivity index (χ3n) is 7.30. The van der Waals surface area contributed by atoms with Gasteiger partial charge in [-0.05, 0) is 40.5 Å². The zero-order valence-electron chi connectivity index (χ0n) is 20.1. The lowest BCUT2D eigenvalue weighted by molar-refractivity contribution is -0.122. The number of hydrogen-bond acceptors (Lipinski definition) is 2. The first kappa shape index (κ1) is 23.2. The topological polar surface area (TPSA) is 46.3 Å². The Hall–Kier alpha value is -4.18. The van der Waals surface area contributed by atoms with Crippen molar-refractivity contribution in [2.75, 3.05) is 4.90 Å². The Labute approximate surface area is 221 Å². The molecule has 2 N–H and O–H groups in total. The molecule has 0 aromatic heterocycles. The van der Waals surface area contributed by atoms with E-state index >= 15 is 0 Å². The predicted molar refractivity (Wildman–Crippen MR) is 150 cm³/mol. The van der Waals surface area contributed by atoms with Gasteiger partial charge in [-0.25, -0.2) is 0 Å². The van der Waals surface area contributed by atoms with Gasteiger partial charge in [0.15, 0.2) is 0 Å². The molecule has 5 aromatic rings. The van der Waals surface area contributed by atoms with Crippen LogP contribution in [0.4, 0.5) is 5.69 Å². The minimum Gasteiger partial charge on any atom is -0.310 e. The highest BCUT2D eigenvalue weighted by Crippen LogP contribution is 2.53. The lowest BCUT2D eigenvalue weighted by Gasteiger charge is -2.44. The number of carbonyl (C=O) groups excluding carboxylic acids is 1. The van der Waals surface area contributed by atoms with Crippen molar-refractivity contribution in [3.8, 4) is 0 Å². The summed E-state index contributed by atoms with van der Waals surface area (Å²) >= 11 is 6.39. The van der Waals surface area contributed by atoms with E-state index in [4.69, 9.17) is 17.3 Å². The molecule has 3 nitrogen and oxygen atoms in total. The van der Waals surface area contributed by atoms with Gasteiger partial charge in [0.1, 0.15) is 11.1 Å². The molecule has 0 saturated heterocycles. The molecule has 1 heterocycles. The molecule has 0 saturated carbocycles. The molecule has 1 amide bonds. The van der Waals surface area contributed by atoms with Gasteiger partial charge in [0, 0.05) is 10.6 Å². The van der Waals surface area contributed by atoms with E-state index in [1.54, 1.807) is 12.1 Å². The normalized spacial score (nSPS) is 17.0. The van der Waals surface area contributed by atoms with Gasteiger partial charge in [0.25, 0.3) is 5.91 Å². The molecule has 0 aliphatic carbocycles. The Morgan fingerprint density at radius 1 is 0.622 bits per heavy atom. The number of nitrogens with two attached hydrogens (primary N) is 1. The number of carbonyl (C=O) groups is 1. The zero-order valence-corrected chi connectivity index (χ0v) is 20.8. The molecule has 180 valence electrons. The summed E-state index contributed by atoms with van der Waals surface area (Å²) in [5.74, 6) is -0.215. The van der Waals surface area contributed by atoms with Crippen molar-refractivity contribution in [1.82, 2.24) is 0 Å². The molecule has 0 spiro atoms. The van der Waals surface area contributed by atoms with Crippen LogP contribution in [0.2, 0.25) is 5.02 Å². The molecule has 0 radical (unpaired) electrons. The average Bonchev–Trinajstić information content (AvgIpc) is 3.19. The Morgan fingerprint density at radius 3 is 1.62 bits per heavy atom. The van der Waals surface area contributed by atoms with Crippen molar-refractivity contribution < 1.29 is 4.79 Å². The Morgan fingerprint density at radius 2 is 1.11 bits per heavy atom. The van der Waals surface area contributed by atoms with E-state index in [-0.39, 0.29) is 5.91 Å². The van der Waals surface area contributed by atoms with Crippen LogP contribution in [0.25, 0.3) is 0 Å². The molecular weight excluding hydrogens is 476 g/mol. The number of fused-ring (bicyclic) bond motifs is 1. The first-order chi connectivity index (χ1) is 18.1. The van der Waals surface area contributed by atoms with Crippen LogP contribution in [-0.4, -0.2) is 5.91 Å². The van der Waals surface area contributed by atoms with Crippen molar-refractivity contribution in [3.63, 3.8) is 0 Å². The minimum absolute atomic E-state index is 0.215. The molecular formula is C33H25ClN2O. The summed E-state index contributed by atoms with van der Waals surface area (Å²) < 4.78 is 0. The number of hydrogen-bond donors (Lipinski definition) is 1. The number of benzene rings is 5. The summed E-state index contributed by atoms with van der Waals surface area (Å²) in [6, 6.07) is 45.6. The lowest BCUT2D eigenvalue weighted by atomic mass is 9.75. The molecule has 1 aliphatic rings. The second kappa shape index (κ2) is 9.04. The Balaban J connectivity index is 1.74. The van der Waals surface area contributed by atoms with Gasteiger partial charge < -0.3 is 5.73 Å². The summed E-state index contributed by atoms with van der Waals surface area (Å²) in [6.45, 7) is 0. The highest BCUT2D eigenvalue weighted by Gasteiger charge is 2.57. The van der Waals surface area contributed by atoms with Crippen LogP contribution in [0.5, 0.6) is 0 Å². The average molecular weight is 501 g/mol. The summed E-state index contributed by atoms with van der Waals surface area (Å²) in [4.78, 5) is 16.8. The monoisotopic (exact) mass is 500 g/mol. The number of anilines is 1. The van der Waals surface area contributed by atoms with E-state index in [2.05, 4.69) is 36.4 Å². The van der Waals surface area contributed by atoms with Crippen LogP contribution >= 0.6 is 11.6 Å². The summed E-state index contributed by atoms with van der Waals surface area (Å²) in [5.41, 5.74) is 9.85. The number of rotatable bonds is 5. The van der Waals surface area contributed by atoms with Gasteiger partial charge in [-0.2, -0.15) is 0 Å². The Bertz CT molecular complexity index is 1470. The highest BCUT2D eigenvalue weighted by molar-refractivity contribution is 6.30. The highest BCUT2D eigenvalue weighted by atomic mass is 35.5. The van der Waals surface area contributed by atoms with Crippen LogP contribution in [0, 0.1) is 0 Å². The third kappa shape index (κ3) is 3.43. The smallest absolute Gasteiger partial charge is 0.257 e. The van der Waals surface area contributed by atoms with Gasteiger partial charge >= 0.3 is 0 Å². The Kier molecular flexibility index (Phi) is 5.68. The predicted octanol–water partition coefficient (Wildman–Crippen LogP) is 6.88. The maximum absolute atomic E-state index is 14.9. The van der Waals surface area contributed by atoms with E-state index < -0.39 is 11.1 Å². The first-order valence-corrected chi connectivity index (χ1v) is 12.6. The lowest BCUT2D eigenvalue weighted by Crippen LogP contribution is -2.56. The molecule has 1 aliphatic heterocycles. The quantitative estimate of drug-likeness (QED) is 0.267. The van der Waals surface area contributed by atoms with Crippen LogP contribution < -0.4 is 10.6 Å². The molecule has 6 rings (SSSR count). The fourth-order valence-electron chi connectivity index (χ4n) is 5.67. The van der Waals surface area contributed by atoms with E-state index in [1.165, 1.54) is 0 Å². The third-order valence-corrected chi connectivity index (χ3v) is 7.54. The first-order valence-electron chi connectivity index (χ1n) is 12.2. The zero-order chi connectivity index (χ0) is 25.5. The molecule has 0 bridgehead atoms. The van der Waals surface area contributed by atoms with Gasteiger partial charge in [0.05, 0.1) is 5.69 Å². The number of para-hydroxylation sites is 1. The second-order valence-electron chi connectivity index (χ2n) is 9.28. The van der Waals surface area contributed by atoms with E-state index in [1.807, 2.05) is 95.9 Å². The van der Waals surface area contributed by atoms with Crippen LogP contribution in [0.1, 0.15) is 27.8 Å². The number of amides is 1. The SMILES string of the molecule is NC1(c2cccc(Cl)c2)C(=O)N(C(c2ccccc2)(c2ccccc2)c2ccccc2)c2ccccc21. The maximum Gasteiger partial charge on any atom is 0.257 e. The molecule has 5 aromatic carbocycles. The minimum atomic E-state index is -1.41. The fourth-order valence-corrected chi connectivity index (χ4v) is 5.86. The van der Waals surface area contributed by atoms with Gasteiger partial charge in [-0.3, -0.25) is 9.69 Å². The number of nitrogens with zero attached hydrogens (tertiary/aromatic N) is 1. The summed E-state index contributed by atoms with van der Waals surface area (Å²) in [7, 11) is 0. The van der Waals surface area contributed by atoms with E-state index in [0.717, 1.165) is 27.9 Å². The second-order valence-corrected chi connectivity index (χ2v) is 9.72. The standard InChI is InChI=1S/C33H25ClN2O/c34-28-20-12-19-27(23-28)32(35)29-21-10-11-22-30(29)36(31(32)37)33(24-13-4-1-5-14-24,25-15-6-2-7-16-25)26-17-8-3-9-18-26/h1-23H,35H2. The molecule has 4 heteroatoms.